The van der Waals surface area contributed by atoms with Gasteiger partial charge in [-0.25, -0.2) is 4.79 Å². The summed E-state index contributed by atoms with van der Waals surface area (Å²) in [6.07, 6.45) is 10.8. The van der Waals surface area contributed by atoms with Crippen molar-refractivity contribution < 1.29 is 63.0 Å². The van der Waals surface area contributed by atoms with Gasteiger partial charge in [-0.1, -0.05) is 64.2 Å². The largest absolute Gasteiger partial charge is 0.460 e. The number of aliphatic hydroxyl groups excluding tert-OH is 2. The molecule has 16 atom stereocenters. The normalized spacial score (nSPS) is 42.3. The number of esters is 1. The summed E-state index contributed by atoms with van der Waals surface area (Å²) >= 11 is 0. The molecule has 0 aromatic carbocycles. The van der Waals surface area contributed by atoms with E-state index >= 15 is 0 Å². The maximum absolute atomic E-state index is 14.4. The van der Waals surface area contributed by atoms with E-state index in [-0.39, 0.29) is 42.5 Å². The van der Waals surface area contributed by atoms with E-state index in [9.17, 15) is 39.3 Å². The molecule has 358 valence electrons. The number of hydrogen-bond donors (Lipinski definition) is 3. The maximum Gasteiger partial charge on any atom is 0.329 e. The summed E-state index contributed by atoms with van der Waals surface area (Å²) in [5.41, 5.74) is 1.28. The smallest absolute Gasteiger partial charge is 0.329 e. The molecule has 4 aliphatic heterocycles. The summed E-state index contributed by atoms with van der Waals surface area (Å²) in [6.45, 7) is 10.9. The Balaban J connectivity index is 1.51. The molecule has 3 unspecified atom stereocenters. The van der Waals surface area contributed by atoms with Crippen molar-refractivity contribution in [1.29, 1.82) is 0 Å². The zero-order valence-electron chi connectivity index (χ0n) is 39.5. The number of carbonyl (C=O) groups excluding carboxylic acids is 5. The van der Waals surface area contributed by atoms with E-state index < -0.39 is 95.7 Å². The molecule has 0 aromatic rings. The minimum absolute atomic E-state index is 0.0231. The molecular weight excluding hydrogens is 823 g/mol. The Hall–Kier alpha value is -3.37. The predicted molar refractivity (Wildman–Crippen MR) is 238 cm³/mol. The lowest BCUT2D eigenvalue weighted by Gasteiger charge is -2.50. The van der Waals surface area contributed by atoms with E-state index in [2.05, 4.69) is 0 Å². The summed E-state index contributed by atoms with van der Waals surface area (Å²) in [5, 5.41) is 34.1. The molecule has 0 spiro atoms. The molecule has 0 radical (unpaired) electrons. The highest BCUT2D eigenvalue weighted by molar-refractivity contribution is 6.39. The number of hydrogen-bond acceptors (Lipinski definition) is 13. The van der Waals surface area contributed by atoms with Crippen LogP contribution in [0.1, 0.15) is 112 Å². The first kappa shape index (κ1) is 51.6. The summed E-state index contributed by atoms with van der Waals surface area (Å²) in [6, 6.07) is -1.12. The molecule has 4 fully saturated rings. The fourth-order valence-electron chi connectivity index (χ4n) is 10.9. The van der Waals surface area contributed by atoms with Crippen molar-refractivity contribution >= 4 is 29.2 Å². The molecule has 5 rings (SSSR count). The molecule has 64 heavy (non-hydrogen) atoms. The zero-order chi connectivity index (χ0) is 47.0. The lowest BCUT2D eigenvalue weighted by atomic mass is 9.68. The minimum Gasteiger partial charge on any atom is -0.460 e. The van der Waals surface area contributed by atoms with Crippen LogP contribution in [-0.2, 0) is 47.7 Å². The fraction of sp³-hybridized carbons (Fsp3) is 0.740. The van der Waals surface area contributed by atoms with Crippen molar-refractivity contribution in [2.45, 2.75) is 167 Å². The number of aliphatic hydroxyl groups is 3. The predicted octanol–water partition coefficient (Wildman–Crippen LogP) is 5.40. The Morgan fingerprint density at radius 1 is 0.844 bits per heavy atom. The van der Waals surface area contributed by atoms with Crippen molar-refractivity contribution in [3.63, 3.8) is 0 Å². The van der Waals surface area contributed by atoms with Gasteiger partial charge in [-0.05, 0) is 101 Å². The minimum atomic E-state index is -2.43. The monoisotopic (exact) mass is 898 g/mol. The lowest BCUT2D eigenvalue weighted by Crippen LogP contribution is -2.65. The number of methoxy groups -OCH3 is 3. The van der Waals surface area contributed by atoms with Crippen molar-refractivity contribution in [2.75, 3.05) is 27.9 Å². The summed E-state index contributed by atoms with van der Waals surface area (Å²) < 4.78 is 29.4. The van der Waals surface area contributed by atoms with E-state index in [1.54, 1.807) is 41.1 Å². The number of allylic oxidation sites excluding steroid dienone is 6. The van der Waals surface area contributed by atoms with Crippen LogP contribution in [0.5, 0.6) is 0 Å². The van der Waals surface area contributed by atoms with Gasteiger partial charge in [-0.2, -0.15) is 0 Å². The maximum atomic E-state index is 14.4. The first-order valence-electron chi connectivity index (χ1n) is 23.5. The Labute approximate surface area is 379 Å². The quantitative estimate of drug-likeness (QED) is 0.181. The van der Waals surface area contributed by atoms with Crippen LogP contribution < -0.4 is 0 Å². The third-order valence-corrected chi connectivity index (χ3v) is 14.9. The van der Waals surface area contributed by atoms with Gasteiger partial charge in [0.15, 0.2) is 5.78 Å². The number of rotatable bonds is 5. The van der Waals surface area contributed by atoms with E-state index in [4.69, 9.17) is 23.7 Å². The standard InChI is InChI=1S/C50H75NO13/c1-28-14-11-10-12-15-29(2)40(60-7)26-35-19-17-33(6)50(59,64-35)47(56)48(57)51-21-13-16-36-37(24-34-18-20-38(52)42(25-34)61-8)41(63-49(58)43(36)51)27-39(53)30(3)23-32(5)45(55)46(62-9)44(54)31(4)22-28/h10-12,14-15,23,28,30-31,33-38,40-43,45-46,52,55,59H,13,16-22,24-27H2,1-9H3/b12-10+,14-11+,29-15?,32-23+/t28?,30?,31-,33-,34+,35+,36-,37?,38-,40+,41+,42-,43+,45+,46+,50-/m1/s1. The Bertz CT molecular complexity index is 1790. The summed E-state index contributed by atoms with van der Waals surface area (Å²) in [5.74, 6) is -8.43. The van der Waals surface area contributed by atoms with Crippen LogP contribution in [0.2, 0.25) is 0 Å². The molecule has 1 aliphatic carbocycles. The highest BCUT2D eigenvalue weighted by Crippen LogP contribution is 2.45. The van der Waals surface area contributed by atoms with Crippen LogP contribution in [0, 0.1) is 41.4 Å². The highest BCUT2D eigenvalue weighted by Gasteiger charge is 2.57. The van der Waals surface area contributed by atoms with Gasteiger partial charge in [0.2, 0.25) is 5.79 Å². The summed E-state index contributed by atoms with van der Waals surface area (Å²) in [7, 11) is 4.52. The third kappa shape index (κ3) is 12.0. The molecule has 4 heterocycles. The number of Topliss-reactive ketones (excluding diaryl/α,β-unsaturated/α-hetero) is 3. The molecule has 3 saturated heterocycles. The van der Waals surface area contributed by atoms with Gasteiger partial charge >= 0.3 is 5.97 Å². The zero-order valence-corrected chi connectivity index (χ0v) is 39.5. The van der Waals surface area contributed by atoms with E-state index in [1.807, 2.05) is 51.2 Å². The Morgan fingerprint density at radius 3 is 2.27 bits per heavy atom. The van der Waals surface area contributed by atoms with Gasteiger partial charge in [-0.15, -0.1) is 0 Å². The molecule has 0 aromatic heterocycles. The second kappa shape index (κ2) is 22.9. The number of amides is 1. The number of carbonyl (C=O) groups is 5. The van der Waals surface area contributed by atoms with E-state index in [0.717, 1.165) is 5.57 Å². The first-order chi connectivity index (χ1) is 30.3. The average molecular weight is 898 g/mol. The fourth-order valence-corrected chi connectivity index (χ4v) is 10.9. The van der Waals surface area contributed by atoms with E-state index in [1.165, 1.54) is 12.0 Å². The van der Waals surface area contributed by atoms with Gasteiger partial charge in [0.1, 0.15) is 30.1 Å². The topological polar surface area (TPSA) is 195 Å². The molecule has 14 nitrogen and oxygen atoms in total. The Kier molecular flexibility index (Phi) is 18.5. The van der Waals surface area contributed by atoms with Crippen molar-refractivity contribution in [1.82, 2.24) is 4.90 Å². The van der Waals surface area contributed by atoms with Crippen molar-refractivity contribution in [3.8, 4) is 0 Å². The van der Waals surface area contributed by atoms with Gasteiger partial charge < -0.3 is 43.9 Å². The van der Waals surface area contributed by atoms with Gasteiger partial charge in [0, 0.05) is 64.4 Å². The SMILES string of the molecule is CO[C@H]1C[C@@H]2CC[C@@H](C)[C@@](O)(O2)C(=O)C(=O)N2CCC[C@@H]3C(C[C@@H]4CC[C@@H](O)[C@H](OC)C4)[C@H](CC(=O)C(C)/C=C(\C)[C@H](O)[C@@H](OC)C(=O)[C@H](C)CC(C)/C=C/C=C/C=C1C)OC(=O)[C@H]32. The van der Waals surface area contributed by atoms with Crippen LogP contribution >= 0.6 is 0 Å². The molecule has 1 saturated carbocycles. The van der Waals surface area contributed by atoms with E-state index in [0.29, 0.717) is 69.8 Å². The third-order valence-electron chi connectivity index (χ3n) is 14.9. The number of piperidine rings is 1. The van der Waals surface area contributed by atoms with Crippen LogP contribution in [-0.4, -0.2) is 132 Å². The van der Waals surface area contributed by atoms with Crippen LogP contribution in [0.25, 0.3) is 0 Å². The van der Waals surface area contributed by atoms with Crippen LogP contribution in [0.3, 0.4) is 0 Å². The number of nitrogens with zero attached hydrogens (tertiary/aromatic N) is 1. The summed E-state index contributed by atoms with van der Waals surface area (Å²) in [4.78, 5) is 72.0. The van der Waals surface area contributed by atoms with Gasteiger partial charge in [0.25, 0.3) is 11.7 Å². The molecule has 3 N–H and O–H groups in total. The lowest BCUT2D eigenvalue weighted by molar-refractivity contribution is -0.266. The van der Waals surface area contributed by atoms with Gasteiger partial charge in [-0.3, -0.25) is 19.2 Å². The molecular formula is C50H75NO13. The first-order valence-corrected chi connectivity index (χ1v) is 23.5. The van der Waals surface area contributed by atoms with Crippen molar-refractivity contribution in [3.05, 3.63) is 47.6 Å². The van der Waals surface area contributed by atoms with Crippen LogP contribution in [0.15, 0.2) is 47.6 Å². The molecule has 14 heteroatoms. The second-order valence-corrected chi connectivity index (χ2v) is 19.5. The number of fused-ring (bicyclic) bond motifs is 4. The molecule has 5 aliphatic rings. The number of ketones is 3. The highest BCUT2D eigenvalue weighted by atomic mass is 16.6. The van der Waals surface area contributed by atoms with Crippen molar-refractivity contribution in [2.24, 2.45) is 41.4 Å². The number of ether oxygens (including phenoxy) is 5. The van der Waals surface area contributed by atoms with Gasteiger partial charge in [0.05, 0.1) is 24.4 Å². The second-order valence-electron chi connectivity index (χ2n) is 19.5. The molecule has 1 amide bonds. The molecule has 4 bridgehead atoms. The average Bonchev–Trinajstić information content (AvgIpc) is 3.27. The van der Waals surface area contributed by atoms with Crippen LogP contribution in [0.4, 0.5) is 0 Å². The Morgan fingerprint density at radius 2 is 1.58 bits per heavy atom.